The number of imide groups is 1. The number of nitrogens with zero attached hydrogens (tertiary/aromatic N) is 3. The van der Waals surface area contributed by atoms with E-state index < -0.39 is 4.92 Å². The summed E-state index contributed by atoms with van der Waals surface area (Å²) >= 11 is 0.856. The van der Waals surface area contributed by atoms with E-state index in [0.717, 1.165) is 24.9 Å². The Morgan fingerprint density at radius 3 is 2.61 bits per heavy atom. The summed E-state index contributed by atoms with van der Waals surface area (Å²) in [4.78, 5) is 38.1. The van der Waals surface area contributed by atoms with Gasteiger partial charge in [-0.15, -0.1) is 0 Å². The third kappa shape index (κ3) is 3.96. The second-order valence-electron chi connectivity index (χ2n) is 4.91. The van der Waals surface area contributed by atoms with Crippen molar-refractivity contribution < 1.29 is 14.5 Å². The predicted molar refractivity (Wildman–Crippen MR) is 88.7 cm³/mol. The SMILES string of the molecule is CCN(CC)CN1C(=O)S/C(=C/c2cccc([N+](=O)[O-])c2)C1=O. The van der Waals surface area contributed by atoms with E-state index in [9.17, 15) is 19.7 Å². The van der Waals surface area contributed by atoms with Crippen LogP contribution in [0.2, 0.25) is 0 Å². The molecule has 0 saturated carbocycles. The van der Waals surface area contributed by atoms with Gasteiger partial charge in [0.05, 0.1) is 16.5 Å². The van der Waals surface area contributed by atoms with Crippen molar-refractivity contribution in [3.8, 4) is 0 Å². The number of nitro groups is 1. The van der Waals surface area contributed by atoms with E-state index in [0.29, 0.717) is 5.56 Å². The number of nitro benzene ring substituents is 1. The Labute approximate surface area is 138 Å². The molecule has 2 rings (SSSR count). The molecule has 7 nitrogen and oxygen atoms in total. The zero-order valence-corrected chi connectivity index (χ0v) is 13.7. The van der Waals surface area contributed by atoms with Crippen LogP contribution in [-0.2, 0) is 4.79 Å². The van der Waals surface area contributed by atoms with Crippen molar-refractivity contribution in [2.24, 2.45) is 0 Å². The summed E-state index contributed by atoms with van der Waals surface area (Å²) in [5, 5.41) is 10.5. The van der Waals surface area contributed by atoms with Crippen LogP contribution in [0.5, 0.6) is 0 Å². The van der Waals surface area contributed by atoms with Gasteiger partial charge in [0.2, 0.25) is 0 Å². The van der Waals surface area contributed by atoms with Crippen molar-refractivity contribution in [1.29, 1.82) is 0 Å². The number of hydrogen-bond donors (Lipinski definition) is 0. The van der Waals surface area contributed by atoms with Gasteiger partial charge >= 0.3 is 0 Å². The van der Waals surface area contributed by atoms with Crippen LogP contribution in [0.1, 0.15) is 19.4 Å². The Kier molecular flexibility index (Phi) is 5.51. The Balaban J connectivity index is 2.21. The number of rotatable bonds is 6. The van der Waals surface area contributed by atoms with Crippen LogP contribution >= 0.6 is 11.8 Å². The minimum absolute atomic E-state index is 0.0545. The van der Waals surface area contributed by atoms with Gasteiger partial charge in [0.1, 0.15) is 0 Å². The molecule has 0 aliphatic carbocycles. The summed E-state index contributed by atoms with van der Waals surface area (Å²) in [7, 11) is 0. The number of benzene rings is 1. The maximum atomic E-state index is 12.4. The highest BCUT2D eigenvalue weighted by atomic mass is 32.2. The highest BCUT2D eigenvalue weighted by molar-refractivity contribution is 8.18. The van der Waals surface area contributed by atoms with Crippen LogP contribution in [0.25, 0.3) is 6.08 Å². The van der Waals surface area contributed by atoms with Gasteiger partial charge in [-0.1, -0.05) is 26.0 Å². The topological polar surface area (TPSA) is 83.8 Å². The van der Waals surface area contributed by atoms with Gasteiger partial charge in [0.25, 0.3) is 16.8 Å². The van der Waals surface area contributed by atoms with E-state index in [4.69, 9.17) is 0 Å². The molecule has 23 heavy (non-hydrogen) atoms. The van der Waals surface area contributed by atoms with Gasteiger partial charge in [-0.2, -0.15) is 0 Å². The van der Waals surface area contributed by atoms with Gasteiger partial charge in [0, 0.05) is 12.1 Å². The highest BCUT2D eigenvalue weighted by Gasteiger charge is 2.35. The zero-order valence-electron chi connectivity index (χ0n) is 12.9. The quantitative estimate of drug-likeness (QED) is 0.451. The molecule has 0 N–H and O–H groups in total. The van der Waals surface area contributed by atoms with Crippen LogP contribution in [-0.4, -0.2) is 45.6 Å². The molecule has 1 heterocycles. The van der Waals surface area contributed by atoms with Crippen molar-refractivity contribution in [1.82, 2.24) is 9.80 Å². The number of carbonyl (C=O) groups is 2. The first kappa shape index (κ1) is 17.2. The zero-order chi connectivity index (χ0) is 17.0. The molecule has 0 atom stereocenters. The molecule has 1 aromatic carbocycles. The van der Waals surface area contributed by atoms with Crippen LogP contribution in [0, 0.1) is 10.1 Å². The summed E-state index contributed by atoms with van der Waals surface area (Å²) in [5.74, 6) is -0.363. The van der Waals surface area contributed by atoms with Gasteiger partial charge in [-0.3, -0.25) is 29.5 Å². The van der Waals surface area contributed by atoms with Crippen molar-refractivity contribution in [3.05, 3.63) is 44.8 Å². The lowest BCUT2D eigenvalue weighted by molar-refractivity contribution is -0.384. The molecule has 0 aromatic heterocycles. The lowest BCUT2D eigenvalue weighted by Gasteiger charge is -2.23. The fraction of sp³-hybridized carbons (Fsp3) is 0.333. The monoisotopic (exact) mass is 335 g/mol. The summed E-state index contributed by atoms with van der Waals surface area (Å²) in [6.07, 6.45) is 1.51. The fourth-order valence-electron chi connectivity index (χ4n) is 2.13. The molecule has 1 aliphatic heterocycles. The van der Waals surface area contributed by atoms with E-state index in [1.807, 2.05) is 18.7 Å². The number of amides is 2. The lowest BCUT2D eigenvalue weighted by Crippen LogP contribution is -2.40. The Bertz CT molecular complexity index is 670. The number of thioether (sulfide) groups is 1. The molecular formula is C15H17N3O4S. The maximum absolute atomic E-state index is 12.4. The largest absolute Gasteiger partial charge is 0.294 e. The number of hydrogen-bond acceptors (Lipinski definition) is 6. The molecule has 1 saturated heterocycles. The Morgan fingerprint density at radius 2 is 2.00 bits per heavy atom. The van der Waals surface area contributed by atoms with Crippen molar-refractivity contribution in [3.63, 3.8) is 0 Å². The first-order valence-electron chi connectivity index (χ1n) is 7.18. The van der Waals surface area contributed by atoms with Crippen molar-refractivity contribution >= 4 is 34.7 Å². The minimum atomic E-state index is -0.497. The summed E-state index contributed by atoms with van der Waals surface area (Å²) in [6, 6.07) is 5.96. The first-order valence-corrected chi connectivity index (χ1v) is 8.00. The van der Waals surface area contributed by atoms with Gasteiger partial charge in [0.15, 0.2) is 0 Å². The van der Waals surface area contributed by atoms with Crippen LogP contribution < -0.4 is 0 Å². The third-order valence-corrected chi connectivity index (χ3v) is 4.40. The molecule has 8 heteroatoms. The predicted octanol–water partition coefficient (Wildman–Crippen LogP) is 2.93. The third-order valence-electron chi connectivity index (χ3n) is 3.49. The first-order chi connectivity index (χ1) is 11.0. The highest BCUT2D eigenvalue weighted by Crippen LogP contribution is 2.32. The smallest absolute Gasteiger partial charge is 0.286 e. The average Bonchev–Trinajstić information content (AvgIpc) is 2.79. The van der Waals surface area contributed by atoms with Crippen molar-refractivity contribution in [2.75, 3.05) is 19.8 Å². The molecule has 1 aliphatic rings. The maximum Gasteiger partial charge on any atom is 0.294 e. The fourth-order valence-corrected chi connectivity index (χ4v) is 2.96. The molecule has 0 spiro atoms. The molecule has 0 unspecified atom stereocenters. The summed E-state index contributed by atoms with van der Waals surface area (Å²) in [5.41, 5.74) is 0.466. The van der Waals surface area contributed by atoms with Crippen LogP contribution in [0.4, 0.5) is 10.5 Å². The van der Waals surface area contributed by atoms with E-state index in [2.05, 4.69) is 0 Å². The number of non-ortho nitro benzene ring substituents is 1. The van der Waals surface area contributed by atoms with Gasteiger partial charge in [-0.25, -0.2) is 0 Å². The van der Waals surface area contributed by atoms with Gasteiger partial charge < -0.3 is 0 Å². The summed E-state index contributed by atoms with van der Waals surface area (Å²) in [6.45, 7) is 5.65. The molecular weight excluding hydrogens is 318 g/mol. The number of carbonyl (C=O) groups excluding carboxylic acids is 2. The van der Waals surface area contributed by atoms with E-state index >= 15 is 0 Å². The lowest BCUT2D eigenvalue weighted by atomic mass is 10.2. The van der Waals surface area contributed by atoms with Crippen molar-refractivity contribution in [2.45, 2.75) is 13.8 Å². The molecule has 0 bridgehead atoms. The molecule has 1 fully saturated rings. The molecule has 0 radical (unpaired) electrons. The molecule has 1 aromatic rings. The standard InChI is InChI=1S/C15H17N3O4S/c1-3-16(4-2)10-17-14(19)13(23-15(17)20)9-11-6-5-7-12(8-11)18(21)22/h5-9H,3-4,10H2,1-2H3/b13-9+. The normalized spacial score (nSPS) is 16.7. The molecule has 2 amide bonds. The second kappa shape index (κ2) is 7.38. The minimum Gasteiger partial charge on any atom is -0.286 e. The van der Waals surface area contributed by atoms with E-state index in [1.54, 1.807) is 12.1 Å². The summed E-state index contributed by atoms with van der Waals surface area (Å²) < 4.78 is 0. The van der Waals surface area contributed by atoms with Crippen LogP contribution in [0.3, 0.4) is 0 Å². The Morgan fingerprint density at radius 1 is 1.30 bits per heavy atom. The average molecular weight is 335 g/mol. The Hall–Kier alpha value is -2.19. The molecule has 122 valence electrons. The van der Waals surface area contributed by atoms with E-state index in [1.165, 1.54) is 23.1 Å². The van der Waals surface area contributed by atoms with Crippen LogP contribution in [0.15, 0.2) is 29.2 Å². The second-order valence-corrected chi connectivity index (χ2v) is 5.90. The van der Waals surface area contributed by atoms with E-state index in [-0.39, 0.29) is 28.4 Å². The van der Waals surface area contributed by atoms with Gasteiger partial charge in [-0.05, 0) is 36.5 Å².